The Labute approximate surface area is 99.4 Å². The Hall–Kier alpha value is -0.640. The summed E-state index contributed by atoms with van der Waals surface area (Å²) in [6.07, 6.45) is 13.5. The van der Waals surface area contributed by atoms with Crippen LogP contribution < -0.4 is 11.2 Å². The van der Waals surface area contributed by atoms with Crippen molar-refractivity contribution in [3.63, 3.8) is 0 Å². The molecular weight excluding hydrogens is 198 g/mol. The lowest BCUT2D eigenvalue weighted by Crippen LogP contribution is -2.45. The van der Waals surface area contributed by atoms with E-state index in [9.17, 15) is 0 Å². The Bertz CT molecular complexity index is 258. The summed E-state index contributed by atoms with van der Waals surface area (Å²) in [7, 11) is 3.94. The summed E-state index contributed by atoms with van der Waals surface area (Å²) in [5.74, 6) is 0. The van der Waals surface area contributed by atoms with Gasteiger partial charge in [0.15, 0.2) is 0 Å². The molecule has 2 atom stereocenters. The molecular formula is C13H25N3. The number of hydrazine groups is 1. The van der Waals surface area contributed by atoms with Crippen LogP contribution in [0.4, 0.5) is 0 Å². The van der Waals surface area contributed by atoms with Crippen molar-refractivity contribution in [3.05, 3.63) is 24.3 Å². The van der Waals surface area contributed by atoms with Gasteiger partial charge in [0.25, 0.3) is 0 Å². The molecule has 3 heteroatoms. The Kier molecular flexibility index (Phi) is 5.19. The number of hydrogen-bond acceptors (Lipinski definition) is 3. The van der Waals surface area contributed by atoms with Gasteiger partial charge in [-0.25, -0.2) is 10.4 Å². The third-order valence-corrected chi connectivity index (χ3v) is 3.02. The van der Waals surface area contributed by atoms with Crippen LogP contribution in [0.5, 0.6) is 0 Å². The minimum atomic E-state index is 0.0710. The number of nitrogens with one attached hydrogen (secondary N) is 1. The molecule has 1 aliphatic carbocycles. The largest absolute Gasteiger partial charge is 0.315 e. The van der Waals surface area contributed by atoms with Gasteiger partial charge in [-0.1, -0.05) is 31.2 Å². The third-order valence-electron chi connectivity index (χ3n) is 3.02. The smallest absolute Gasteiger partial charge is 0.0681 e. The van der Waals surface area contributed by atoms with Gasteiger partial charge in [0, 0.05) is 14.1 Å². The van der Waals surface area contributed by atoms with Gasteiger partial charge in [0.05, 0.1) is 6.17 Å². The van der Waals surface area contributed by atoms with Crippen molar-refractivity contribution < 1.29 is 0 Å². The van der Waals surface area contributed by atoms with Crippen LogP contribution in [0.15, 0.2) is 24.3 Å². The molecule has 1 rings (SSSR count). The van der Waals surface area contributed by atoms with E-state index in [1.807, 2.05) is 19.1 Å². The van der Waals surface area contributed by atoms with Crippen LogP contribution in [0.2, 0.25) is 0 Å². The summed E-state index contributed by atoms with van der Waals surface area (Å²) < 4.78 is 0. The van der Waals surface area contributed by atoms with Gasteiger partial charge >= 0.3 is 0 Å². The number of allylic oxidation sites excluding steroid dienone is 4. The fraction of sp³-hybridized carbons (Fsp3) is 0.692. The summed E-state index contributed by atoms with van der Waals surface area (Å²) in [5.41, 5.74) is 9.46. The summed E-state index contributed by atoms with van der Waals surface area (Å²) in [6, 6.07) is 0. The second-order valence-electron chi connectivity index (χ2n) is 5.17. The van der Waals surface area contributed by atoms with Gasteiger partial charge in [0.2, 0.25) is 0 Å². The lowest BCUT2D eigenvalue weighted by molar-refractivity contribution is 0.229. The average Bonchev–Trinajstić information content (AvgIpc) is 2.17. The predicted molar refractivity (Wildman–Crippen MR) is 69.7 cm³/mol. The van der Waals surface area contributed by atoms with Gasteiger partial charge in [0.1, 0.15) is 0 Å². The Balaban J connectivity index is 2.20. The molecule has 0 aromatic carbocycles. The first-order chi connectivity index (χ1) is 7.52. The number of hydrogen-bond donors (Lipinski definition) is 2. The van der Waals surface area contributed by atoms with Crippen molar-refractivity contribution in [2.75, 3.05) is 14.1 Å². The van der Waals surface area contributed by atoms with Gasteiger partial charge in [-0.3, -0.25) is 0 Å². The molecule has 3 nitrogen and oxygen atoms in total. The van der Waals surface area contributed by atoms with E-state index < -0.39 is 0 Å². The summed E-state index contributed by atoms with van der Waals surface area (Å²) in [4.78, 5) is 0. The lowest BCUT2D eigenvalue weighted by atomic mass is 9.79. The van der Waals surface area contributed by atoms with E-state index in [4.69, 9.17) is 5.73 Å². The zero-order valence-corrected chi connectivity index (χ0v) is 10.7. The first-order valence-electron chi connectivity index (χ1n) is 6.05. The minimum absolute atomic E-state index is 0.0710. The molecule has 1 aliphatic rings. The molecule has 0 amide bonds. The molecule has 0 saturated heterocycles. The first-order valence-corrected chi connectivity index (χ1v) is 6.05. The highest BCUT2D eigenvalue weighted by Gasteiger charge is 2.20. The zero-order chi connectivity index (χ0) is 12.0. The molecule has 0 aromatic heterocycles. The van der Waals surface area contributed by atoms with Gasteiger partial charge in [-0.15, -0.1) is 0 Å². The molecule has 92 valence electrons. The van der Waals surface area contributed by atoms with Crippen LogP contribution in [-0.4, -0.2) is 25.3 Å². The highest BCUT2D eigenvalue weighted by Crippen LogP contribution is 2.32. The Morgan fingerprint density at radius 2 is 2.19 bits per heavy atom. The maximum atomic E-state index is 5.95. The summed E-state index contributed by atoms with van der Waals surface area (Å²) in [5, 5.41) is 1.91. The molecule has 0 spiro atoms. The molecule has 0 aromatic rings. The van der Waals surface area contributed by atoms with Crippen molar-refractivity contribution in [2.45, 2.75) is 38.8 Å². The topological polar surface area (TPSA) is 41.3 Å². The normalized spacial score (nSPS) is 26.3. The van der Waals surface area contributed by atoms with Gasteiger partial charge < -0.3 is 5.73 Å². The van der Waals surface area contributed by atoms with E-state index in [1.54, 1.807) is 0 Å². The lowest BCUT2D eigenvalue weighted by Gasteiger charge is -2.27. The SMILES string of the molecule is CN(C)NC(N)CCCC1(C)C=CC=CC1. The van der Waals surface area contributed by atoms with E-state index in [-0.39, 0.29) is 6.17 Å². The van der Waals surface area contributed by atoms with Crippen molar-refractivity contribution in [2.24, 2.45) is 11.1 Å². The quantitative estimate of drug-likeness (QED) is 0.535. The second-order valence-corrected chi connectivity index (χ2v) is 5.17. The van der Waals surface area contributed by atoms with E-state index in [0.717, 1.165) is 19.3 Å². The molecule has 3 N–H and O–H groups in total. The highest BCUT2D eigenvalue weighted by atomic mass is 15.5. The molecule has 0 radical (unpaired) electrons. The van der Waals surface area contributed by atoms with Crippen LogP contribution in [-0.2, 0) is 0 Å². The van der Waals surface area contributed by atoms with E-state index in [1.165, 1.54) is 6.42 Å². The predicted octanol–water partition coefficient (Wildman–Crippen LogP) is 2.03. The van der Waals surface area contributed by atoms with Gasteiger partial charge in [-0.2, -0.15) is 0 Å². The molecule has 0 heterocycles. The van der Waals surface area contributed by atoms with E-state index in [2.05, 4.69) is 36.7 Å². The van der Waals surface area contributed by atoms with Crippen molar-refractivity contribution in [3.8, 4) is 0 Å². The molecule has 16 heavy (non-hydrogen) atoms. The molecule has 0 aliphatic heterocycles. The second kappa shape index (κ2) is 6.18. The van der Waals surface area contributed by atoms with Crippen LogP contribution in [0.25, 0.3) is 0 Å². The fourth-order valence-electron chi connectivity index (χ4n) is 2.08. The summed E-state index contributed by atoms with van der Waals surface area (Å²) >= 11 is 0. The van der Waals surface area contributed by atoms with Crippen LogP contribution in [0, 0.1) is 5.41 Å². The highest BCUT2D eigenvalue weighted by molar-refractivity contribution is 5.15. The number of nitrogens with zero attached hydrogens (tertiary/aromatic N) is 1. The van der Waals surface area contributed by atoms with Crippen LogP contribution >= 0.6 is 0 Å². The first kappa shape index (κ1) is 13.4. The van der Waals surface area contributed by atoms with E-state index in [0.29, 0.717) is 5.41 Å². The number of rotatable bonds is 6. The third kappa shape index (κ3) is 4.92. The standard InChI is InChI=1S/C13H25N3/c1-13(9-5-4-6-10-13)11-7-8-12(14)15-16(2)3/h4-6,9,12,15H,7-8,10-11,14H2,1-3H3. The summed E-state index contributed by atoms with van der Waals surface area (Å²) in [6.45, 7) is 2.32. The van der Waals surface area contributed by atoms with E-state index >= 15 is 0 Å². The molecule has 2 unspecified atom stereocenters. The number of nitrogens with two attached hydrogens (primary N) is 1. The molecule has 0 fully saturated rings. The van der Waals surface area contributed by atoms with Crippen molar-refractivity contribution >= 4 is 0 Å². The van der Waals surface area contributed by atoms with Crippen LogP contribution in [0.1, 0.15) is 32.6 Å². The average molecular weight is 223 g/mol. The van der Waals surface area contributed by atoms with Crippen molar-refractivity contribution in [1.29, 1.82) is 0 Å². The Morgan fingerprint density at radius 3 is 2.75 bits per heavy atom. The van der Waals surface area contributed by atoms with Crippen LogP contribution in [0.3, 0.4) is 0 Å². The van der Waals surface area contributed by atoms with Crippen molar-refractivity contribution in [1.82, 2.24) is 10.4 Å². The molecule has 0 saturated carbocycles. The molecule has 0 bridgehead atoms. The van der Waals surface area contributed by atoms with Gasteiger partial charge in [-0.05, 0) is 31.1 Å². The maximum absolute atomic E-state index is 5.95. The maximum Gasteiger partial charge on any atom is 0.0681 e. The Morgan fingerprint density at radius 1 is 1.44 bits per heavy atom. The fourth-order valence-corrected chi connectivity index (χ4v) is 2.08. The minimum Gasteiger partial charge on any atom is -0.315 e. The zero-order valence-electron chi connectivity index (χ0n) is 10.7. The monoisotopic (exact) mass is 223 g/mol.